The van der Waals surface area contributed by atoms with Crippen LogP contribution in [0.4, 0.5) is 5.69 Å². The summed E-state index contributed by atoms with van der Waals surface area (Å²) in [5, 5.41) is 2.91. The molecule has 0 aromatic heterocycles. The molecule has 0 heterocycles. The average molecular weight is 389 g/mol. The summed E-state index contributed by atoms with van der Waals surface area (Å²) in [5.41, 5.74) is 3.97. The summed E-state index contributed by atoms with van der Waals surface area (Å²) in [4.78, 5) is 12.3. The van der Waals surface area contributed by atoms with E-state index in [1.54, 1.807) is 0 Å². The molecule has 1 N–H and O–H groups in total. The van der Waals surface area contributed by atoms with E-state index in [4.69, 9.17) is 0 Å². The van der Waals surface area contributed by atoms with Gasteiger partial charge in [0.05, 0.1) is 6.26 Å². The zero-order chi connectivity index (χ0) is 19.9. The van der Waals surface area contributed by atoms with Gasteiger partial charge in [0, 0.05) is 25.2 Å². The molecule has 2 aromatic carbocycles. The largest absolute Gasteiger partial charge is 0.326 e. The number of sulfonamides is 1. The molecule has 27 heavy (non-hydrogen) atoms. The quantitative estimate of drug-likeness (QED) is 0.715. The number of anilines is 1. The van der Waals surface area contributed by atoms with Crippen LogP contribution in [0.15, 0.2) is 48.5 Å². The highest BCUT2D eigenvalue weighted by molar-refractivity contribution is 7.88. The van der Waals surface area contributed by atoms with Gasteiger partial charge in [-0.25, -0.2) is 12.7 Å². The first-order valence-corrected chi connectivity index (χ1v) is 11.0. The fraction of sp³-hybridized carbons (Fsp3) is 0.381. The Morgan fingerprint density at radius 3 is 2.19 bits per heavy atom. The molecule has 0 radical (unpaired) electrons. The molecule has 0 aliphatic rings. The number of hydrogen-bond donors (Lipinski definition) is 1. The Morgan fingerprint density at radius 1 is 0.963 bits per heavy atom. The van der Waals surface area contributed by atoms with Crippen molar-refractivity contribution in [1.29, 1.82) is 0 Å². The summed E-state index contributed by atoms with van der Waals surface area (Å²) in [6.07, 6.45) is 2.85. The van der Waals surface area contributed by atoms with Crippen LogP contribution >= 0.6 is 0 Å². The fourth-order valence-corrected chi connectivity index (χ4v) is 3.87. The van der Waals surface area contributed by atoms with Gasteiger partial charge in [-0.15, -0.1) is 0 Å². The number of carbonyl (C=O) groups excluding carboxylic acids is 1. The predicted molar refractivity (Wildman–Crippen MR) is 110 cm³/mol. The van der Waals surface area contributed by atoms with Gasteiger partial charge in [-0.3, -0.25) is 4.79 Å². The molecule has 2 rings (SSSR count). The number of amides is 1. The third kappa shape index (κ3) is 6.81. The predicted octanol–water partition coefficient (Wildman–Crippen LogP) is 3.53. The summed E-state index contributed by atoms with van der Waals surface area (Å²) in [5.74, 6) is -0.177. The highest BCUT2D eigenvalue weighted by Gasteiger charge is 2.18. The molecule has 0 saturated carbocycles. The molecule has 5 nitrogen and oxygen atoms in total. The first-order valence-electron chi connectivity index (χ1n) is 9.12. The lowest BCUT2D eigenvalue weighted by Gasteiger charge is -2.20. The molecule has 0 unspecified atom stereocenters. The molecular formula is C21H28N2O3S. The van der Waals surface area contributed by atoms with Crippen molar-refractivity contribution in [2.24, 2.45) is 0 Å². The number of benzene rings is 2. The standard InChI is InChI=1S/C21H28N2O3S/c1-17-9-7-10-18(2)21(17)22-20(24)14-16-23(27(3,25)26)15-8-13-19-11-5-4-6-12-19/h4-7,9-12H,8,13-16H2,1-3H3,(H,22,24). The maximum atomic E-state index is 12.3. The van der Waals surface area contributed by atoms with Crippen molar-refractivity contribution in [2.75, 3.05) is 24.7 Å². The molecule has 2 aromatic rings. The molecular weight excluding hydrogens is 360 g/mol. The first kappa shape index (κ1) is 21.1. The Labute approximate surface area is 162 Å². The van der Waals surface area contributed by atoms with Crippen LogP contribution in [0.5, 0.6) is 0 Å². The maximum Gasteiger partial charge on any atom is 0.225 e. The Balaban J connectivity index is 1.89. The summed E-state index contributed by atoms with van der Waals surface area (Å²) >= 11 is 0. The molecule has 0 saturated heterocycles. The minimum absolute atomic E-state index is 0.131. The zero-order valence-electron chi connectivity index (χ0n) is 16.2. The van der Waals surface area contributed by atoms with Crippen LogP contribution in [0.1, 0.15) is 29.5 Å². The van der Waals surface area contributed by atoms with E-state index in [0.29, 0.717) is 6.54 Å². The van der Waals surface area contributed by atoms with Gasteiger partial charge in [0.15, 0.2) is 0 Å². The number of hydrogen-bond acceptors (Lipinski definition) is 3. The van der Waals surface area contributed by atoms with E-state index in [9.17, 15) is 13.2 Å². The van der Waals surface area contributed by atoms with E-state index in [0.717, 1.165) is 29.7 Å². The van der Waals surface area contributed by atoms with Crippen molar-refractivity contribution in [1.82, 2.24) is 4.31 Å². The van der Waals surface area contributed by atoms with Crippen molar-refractivity contribution in [3.63, 3.8) is 0 Å². The van der Waals surface area contributed by atoms with E-state index in [-0.39, 0.29) is 18.9 Å². The van der Waals surface area contributed by atoms with Crippen LogP contribution in [0.3, 0.4) is 0 Å². The molecule has 6 heteroatoms. The number of rotatable bonds is 9. The fourth-order valence-electron chi connectivity index (χ4n) is 2.99. The normalized spacial score (nSPS) is 11.6. The number of para-hydroxylation sites is 1. The Kier molecular flexibility index (Phi) is 7.56. The second-order valence-corrected chi connectivity index (χ2v) is 8.80. The molecule has 0 aliphatic heterocycles. The van der Waals surface area contributed by atoms with Crippen molar-refractivity contribution in [3.05, 3.63) is 65.2 Å². The number of nitrogens with one attached hydrogen (secondary N) is 1. The lowest BCUT2D eigenvalue weighted by Crippen LogP contribution is -2.34. The zero-order valence-corrected chi connectivity index (χ0v) is 17.1. The van der Waals surface area contributed by atoms with E-state index in [1.807, 2.05) is 62.4 Å². The van der Waals surface area contributed by atoms with Crippen LogP contribution < -0.4 is 5.32 Å². The second kappa shape index (κ2) is 9.67. The Bertz CT molecular complexity index is 844. The van der Waals surface area contributed by atoms with Gasteiger partial charge >= 0.3 is 0 Å². The minimum Gasteiger partial charge on any atom is -0.326 e. The van der Waals surface area contributed by atoms with Gasteiger partial charge in [0.25, 0.3) is 0 Å². The van der Waals surface area contributed by atoms with Crippen LogP contribution in [-0.4, -0.2) is 38.0 Å². The molecule has 0 bridgehead atoms. The van der Waals surface area contributed by atoms with Crippen LogP contribution in [-0.2, 0) is 21.2 Å². The van der Waals surface area contributed by atoms with E-state index >= 15 is 0 Å². The van der Waals surface area contributed by atoms with E-state index in [1.165, 1.54) is 16.1 Å². The third-order valence-electron chi connectivity index (χ3n) is 4.52. The van der Waals surface area contributed by atoms with Gasteiger partial charge in [-0.1, -0.05) is 48.5 Å². The van der Waals surface area contributed by atoms with E-state index < -0.39 is 10.0 Å². The average Bonchev–Trinajstić information content (AvgIpc) is 2.61. The summed E-state index contributed by atoms with van der Waals surface area (Å²) in [6.45, 7) is 4.47. The van der Waals surface area contributed by atoms with Crippen LogP contribution in [0.2, 0.25) is 0 Å². The first-order chi connectivity index (χ1) is 12.8. The summed E-state index contributed by atoms with van der Waals surface area (Å²) in [6, 6.07) is 15.8. The van der Waals surface area contributed by atoms with Gasteiger partial charge in [-0.2, -0.15) is 0 Å². The summed E-state index contributed by atoms with van der Waals surface area (Å²) in [7, 11) is -3.35. The molecule has 0 spiro atoms. The maximum absolute atomic E-state index is 12.3. The highest BCUT2D eigenvalue weighted by Crippen LogP contribution is 2.19. The van der Waals surface area contributed by atoms with E-state index in [2.05, 4.69) is 5.32 Å². The van der Waals surface area contributed by atoms with Crippen molar-refractivity contribution in [3.8, 4) is 0 Å². The number of aryl methyl sites for hydroxylation is 3. The Morgan fingerprint density at radius 2 is 1.59 bits per heavy atom. The number of nitrogens with zero attached hydrogens (tertiary/aromatic N) is 1. The van der Waals surface area contributed by atoms with Crippen molar-refractivity contribution < 1.29 is 13.2 Å². The Hall–Kier alpha value is -2.18. The smallest absolute Gasteiger partial charge is 0.225 e. The molecule has 0 atom stereocenters. The molecule has 0 aliphatic carbocycles. The van der Waals surface area contributed by atoms with Gasteiger partial charge in [0.1, 0.15) is 0 Å². The molecule has 146 valence electrons. The van der Waals surface area contributed by atoms with Gasteiger partial charge in [-0.05, 0) is 43.4 Å². The lowest BCUT2D eigenvalue weighted by molar-refractivity contribution is -0.116. The third-order valence-corrected chi connectivity index (χ3v) is 5.82. The second-order valence-electron chi connectivity index (χ2n) is 6.82. The minimum atomic E-state index is -3.35. The van der Waals surface area contributed by atoms with Crippen molar-refractivity contribution in [2.45, 2.75) is 33.1 Å². The van der Waals surface area contributed by atoms with Crippen LogP contribution in [0.25, 0.3) is 0 Å². The number of carbonyl (C=O) groups is 1. The molecule has 1 amide bonds. The topological polar surface area (TPSA) is 66.5 Å². The molecule has 0 fully saturated rings. The highest BCUT2D eigenvalue weighted by atomic mass is 32.2. The SMILES string of the molecule is Cc1cccc(C)c1NC(=O)CCN(CCCc1ccccc1)S(C)(=O)=O. The van der Waals surface area contributed by atoms with Gasteiger partial charge < -0.3 is 5.32 Å². The monoisotopic (exact) mass is 388 g/mol. The lowest BCUT2D eigenvalue weighted by atomic mass is 10.1. The van der Waals surface area contributed by atoms with Crippen molar-refractivity contribution >= 4 is 21.6 Å². The summed E-state index contributed by atoms with van der Waals surface area (Å²) < 4.78 is 25.5. The van der Waals surface area contributed by atoms with Crippen LogP contribution in [0, 0.1) is 13.8 Å². The van der Waals surface area contributed by atoms with Gasteiger partial charge in [0.2, 0.25) is 15.9 Å².